The highest BCUT2D eigenvalue weighted by atomic mass is 16.5. The maximum absolute atomic E-state index is 11.8. The van der Waals surface area contributed by atoms with Gasteiger partial charge in [0.05, 0.1) is 6.61 Å². The predicted molar refractivity (Wildman–Crippen MR) is 72.1 cm³/mol. The van der Waals surface area contributed by atoms with Crippen LogP contribution in [0.5, 0.6) is 5.75 Å². The van der Waals surface area contributed by atoms with Crippen LogP contribution in [0.1, 0.15) is 40.4 Å². The van der Waals surface area contributed by atoms with Gasteiger partial charge < -0.3 is 9.84 Å². The number of phenolic OH excluding ortho intramolecular Hbond substituents is 1. The van der Waals surface area contributed by atoms with Gasteiger partial charge in [-0.25, -0.2) is 4.79 Å². The van der Waals surface area contributed by atoms with E-state index in [1.807, 2.05) is 19.9 Å². The molecule has 3 nitrogen and oxygen atoms in total. The fourth-order valence-corrected chi connectivity index (χ4v) is 2.10. The van der Waals surface area contributed by atoms with E-state index in [0.717, 1.165) is 29.5 Å². The third-order valence-electron chi connectivity index (χ3n) is 2.99. The summed E-state index contributed by atoms with van der Waals surface area (Å²) in [6.07, 6.45) is 3.50. The topological polar surface area (TPSA) is 46.5 Å². The Morgan fingerprint density at radius 2 is 2.17 bits per heavy atom. The van der Waals surface area contributed by atoms with Crippen LogP contribution in [0, 0.1) is 13.8 Å². The lowest BCUT2D eigenvalue weighted by atomic mass is 9.93. The molecule has 0 saturated heterocycles. The van der Waals surface area contributed by atoms with Crippen molar-refractivity contribution in [2.75, 3.05) is 6.61 Å². The number of hydrogen-bond acceptors (Lipinski definition) is 3. The molecule has 0 aliphatic carbocycles. The quantitative estimate of drug-likeness (QED) is 0.642. The number of phenols is 1. The van der Waals surface area contributed by atoms with E-state index in [-0.39, 0.29) is 11.3 Å². The molecule has 1 aromatic rings. The second kappa shape index (κ2) is 6.24. The van der Waals surface area contributed by atoms with Gasteiger partial charge in [0.2, 0.25) is 0 Å². The number of rotatable bonds is 5. The summed E-state index contributed by atoms with van der Waals surface area (Å²) < 4.78 is 4.97. The maximum Gasteiger partial charge on any atom is 0.342 e. The van der Waals surface area contributed by atoms with E-state index >= 15 is 0 Å². The van der Waals surface area contributed by atoms with Crippen LogP contribution in [0.15, 0.2) is 18.7 Å². The van der Waals surface area contributed by atoms with Crippen molar-refractivity contribution in [1.29, 1.82) is 0 Å². The first-order chi connectivity index (χ1) is 8.52. The highest BCUT2D eigenvalue weighted by Crippen LogP contribution is 2.29. The Bertz CT molecular complexity index is 461. The Balaban J connectivity index is 3.25. The van der Waals surface area contributed by atoms with Gasteiger partial charge in [0.1, 0.15) is 11.3 Å². The first kappa shape index (κ1) is 14.3. The molecular weight excluding hydrogens is 228 g/mol. The highest BCUT2D eigenvalue weighted by Gasteiger charge is 2.19. The van der Waals surface area contributed by atoms with Crippen molar-refractivity contribution in [2.24, 2.45) is 0 Å². The third-order valence-corrected chi connectivity index (χ3v) is 2.99. The summed E-state index contributed by atoms with van der Waals surface area (Å²) in [6, 6.07) is 1.62. The lowest BCUT2D eigenvalue weighted by molar-refractivity contribution is 0.0522. The molecule has 0 aromatic heterocycles. The molecule has 0 amide bonds. The zero-order valence-electron chi connectivity index (χ0n) is 11.2. The molecule has 0 heterocycles. The highest BCUT2D eigenvalue weighted by molar-refractivity contribution is 5.94. The van der Waals surface area contributed by atoms with Gasteiger partial charge in [-0.15, -0.1) is 6.58 Å². The summed E-state index contributed by atoms with van der Waals surface area (Å²) >= 11 is 0. The zero-order valence-corrected chi connectivity index (χ0v) is 11.2. The van der Waals surface area contributed by atoms with Crippen molar-refractivity contribution in [3.8, 4) is 5.75 Å². The summed E-state index contributed by atoms with van der Waals surface area (Å²) in [5.74, 6) is -0.474. The number of aryl methyl sites for hydroxylation is 1. The lowest BCUT2D eigenvalue weighted by Gasteiger charge is -2.15. The molecule has 0 radical (unpaired) electrons. The monoisotopic (exact) mass is 248 g/mol. The number of aromatic hydroxyl groups is 1. The van der Waals surface area contributed by atoms with E-state index in [0.29, 0.717) is 6.61 Å². The summed E-state index contributed by atoms with van der Waals surface area (Å²) in [7, 11) is 0. The fraction of sp³-hybridized carbons (Fsp3) is 0.400. The van der Waals surface area contributed by atoms with Crippen LogP contribution in [0.2, 0.25) is 0 Å². The summed E-state index contributed by atoms with van der Waals surface area (Å²) in [5.41, 5.74) is 3.14. The normalized spacial score (nSPS) is 10.2. The molecule has 0 fully saturated rings. The smallest absolute Gasteiger partial charge is 0.342 e. The van der Waals surface area contributed by atoms with Gasteiger partial charge >= 0.3 is 5.97 Å². The molecule has 98 valence electrons. The van der Waals surface area contributed by atoms with Crippen molar-refractivity contribution in [3.63, 3.8) is 0 Å². The maximum atomic E-state index is 11.8. The van der Waals surface area contributed by atoms with Crippen molar-refractivity contribution >= 4 is 5.97 Å². The van der Waals surface area contributed by atoms with Crippen LogP contribution in [0.25, 0.3) is 0 Å². The van der Waals surface area contributed by atoms with Gasteiger partial charge in [0.15, 0.2) is 0 Å². The minimum absolute atomic E-state index is 0.00852. The molecule has 3 heteroatoms. The summed E-state index contributed by atoms with van der Waals surface area (Å²) in [4.78, 5) is 11.8. The summed E-state index contributed by atoms with van der Waals surface area (Å²) in [5, 5.41) is 9.90. The first-order valence-electron chi connectivity index (χ1n) is 6.13. The Morgan fingerprint density at radius 1 is 1.50 bits per heavy atom. The van der Waals surface area contributed by atoms with Crippen molar-refractivity contribution in [2.45, 2.75) is 33.6 Å². The van der Waals surface area contributed by atoms with E-state index in [9.17, 15) is 9.90 Å². The van der Waals surface area contributed by atoms with E-state index in [1.165, 1.54) is 0 Å². The number of hydrogen-bond donors (Lipinski definition) is 1. The lowest BCUT2D eigenvalue weighted by Crippen LogP contribution is -2.10. The molecule has 0 atom stereocenters. The molecule has 1 rings (SSSR count). The molecule has 1 N–H and O–H groups in total. The third kappa shape index (κ3) is 2.92. The Morgan fingerprint density at radius 3 is 2.72 bits per heavy atom. The fourth-order valence-electron chi connectivity index (χ4n) is 2.10. The first-order valence-corrected chi connectivity index (χ1v) is 6.13. The minimum atomic E-state index is -0.465. The molecule has 18 heavy (non-hydrogen) atoms. The van der Waals surface area contributed by atoms with E-state index in [2.05, 4.69) is 6.58 Å². The average molecular weight is 248 g/mol. The van der Waals surface area contributed by atoms with Crippen LogP contribution >= 0.6 is 0 Å². The molecular formula is C15H20O3. The average Bonchev–Trinajstić information content (AvgIpc) is 2.28. The van der Waals surface area contributed by atoms with E-state index in [4.69, 9.17) is 4.74 Å². The molecule has 0 bridgehead atoms. The van der Waals surface area contributed by atoms with E-state index in [1.54, 1.807) is 13.0 Å². The van der Waals surface area contributed by atoms with Crippen molar-refractivity contribution < 1.29 is 14.6 Å². The second-order valence-electron chi connectivity index (χ2n) is 4.24. The van der Waals surface area contributed by atoms with Crippen LogP contribution in [-0.4, -0.2) is 17.7 Å². The number of benzene rings is 1. The number of esters is 1. The molecule has 0 aliphatic heterocycles. The van der Waals surface area contributed by atoms with Gasteiger partial charge in [-0.05, 0) is 56.4 Å². The van der Waals surface area contributed by atoms with Gasteiger partial charge in [0.25, 0.3) is 0 Å². The molecule has 0 spiro atoms. The second-order valence-corrected chi connectivity index (χ2v) is 4.24. The largest absolute Gasteiger partial charge is 0.507 e. The van der Waals surface area contributed by atoms with Crippen LogP contribution in [-0.2, 0) is 11.2 Å². The Labute approximate surface area is 108 Å². The Hall–Kier alpha value is -1.77. The Kier molecular flexibility index (Phi) is 4.95. The number of allylic oxidation sites excluding steroid dienone is 1. The SMILES string of the molecule is C=CCCc1c(C)cc(O)c(C(=O)OCC)c1C. The standard InChI is InChI=1S/C15H20O3/c1-5-7-8-12-10(3)9-13(16)14(11(12)4)15(17)18-6-2/h5,9,16H,1,6-8H2,2-4H3. The molecule has 0 saturated carbocycles. The van der Waals surface area contributed by atoms with Gasteiger partial charge in [-0.3, -0.25) is 0 Å². The minimum Gasteiger partial charge on any atom is -0.507 e. The van der Waals surface area contributed by atoms with E-state index < -0.39 is 5.97 Å². The number of carbonyl (C=O) groups is 1. The van der Waals surface area contributed by atoms with Gasteiger partial charge in [-0.1, -0.05) is 6.08 Å². The zero-order chi connectivity index (χ0) is 13.7. The van der Waals surface area contributed by atoms with Crippen LogP contribution in [0.4, 0.5) is 0 Å². The number of ether oxygens (including phenoxy) is 1. The molecule has 0 unspecified atom stereocenters. The number of carbonyl (C=O) groups excluding carboxylic acids is 1. The summed E-state index contributed by atoms with van der Waals surface area (Å²) in [6.45, 7) is 9.52. The van der Waals surface area contributed by atoms with Crippen molar-refractivity contribution in [1.82, 2.24) is 0 Å². The van der Waals surface area contributed by atoms with Crippen molar-refractivity contribution in [3.05, 3.63) is 41.0 Å². The molecule has 0 aliphatic rings. The van der Waals surface area contributed by atoms with Gasteiger partial charge in [0, 0.05) is 0 Å². The molecule has 1 aromatic carbocycles. The van der Waals surface area contributed by atoms with Crippen LogP contribution in [0.3, 0.4) is 0 Å². The van der Waals surface area contributed by atoms with Crippen LogP contribution < -0.4 is 0 Å². The predicted octanol–water partition coefficient (Wildman–Crippen LogP) is 3.30. The van der Waals surface area contributed by atoms with Gasteiger partial charge in [-0.2, -0.15) is 0 Å².